The van der Waals surface area contributed by atoms with E-state index in [1.54, 1.807) is 0 Å². The number of rotatable bonds is 9. The van der Waals surface area contributed by atoms with Crippen LogP contribution in [0.3, 0.4) is 0 Å². The topological polar surface area (TPSA) is 52.6 Å². The summed E-state index contributed by atoms with van der Waals surface area (Å²) in [5.74, 6) is 0.238. The Kier molecular flexibility index (Phi) is 6.66. The summed E-state index contributed by atoms with van der Waals surface area (Å²) in [7, 11) is 0. The first kappa shape index (κ1) is 22.3. The molecule has 2 saturated heterocycles. The highest BCUT2D eigenvalue weighted by atomic mass is 16.5. The second-order valence-corrected chi connectivity index (χ2v) is 9.40. The minimum atomic E-state index is -0.206. The maximum Gasteiger partial charge on any atom is 0.310 e. The van der Waals surface area contributed by atoms with Crippen molar-refractivity contribution in [3.63, 3.8) is 0 Å². The van der Waals surface area contributed by atoms with Gasteiger partial charge < -0.3 is 9.47 Å². The molecule has 0 N–H and O–H groups in total. The van der Waals surface area contributed by atoms with Crippen LogP contribution in [0.5, 0.6) is 0 Å². The molecule has 1 aromatic rings. The Bertz CT molecular complexity index is 871. The van der Waals surface area contributed by atoms with Crippen molar-refractivity contribution >= 4 is 17.3 Å². The molecule has 4 nitrogen and oxygen atoms in total. The zero-order valence-electron chi connectivity index (χ0n) is 19.5. The number of carbonyl (C=O) groups is 2. The molecule has 1 aliphatic carbocycles. The van der Waals surface area contributed by atoms with E-state index in [1.807, 2.05) is 0 Å². The van der Waals surface area contributed by atoms with Gasteiger partial charge in [-0.2, -0.15) is 0 Å². The van der Waals surface area contributed by atoms with E-state index in [-0.39, 0.29) is 35.8 Å². The van der Waals surface area contributed by atoms with Crippen molar-refractivity contribution in [1.29, 1.82) is 0 Å². The highest BCUT2D eigenvalue weighted by Gasteiger charge is 2.60. The SMILES string of the molecule is CCCCCCC(=O)OC1=C(c2c(CC)cc(C)cc2CC)C(=O)[C@@H]2[C@H]1[C@H]1CC[C@@H]2O1. The van der Waals surface area contributed by atoms with Crippen LogP contribution in [0.25, 0.3) is 5.57 Å². The van der Waals surface area contributed by atoms with E-state index in [0.717, 1.165) is 56.9 Å². The lowest BCUT2D eigenvalue weighted by Gasteiger charge is -2.22. The lowest BCUT2D eigenvalue weighted by molar-refractivity contribution is -0.140. The summed E-state index contributed by atoms with van der Waals surface area (Å²) in [6.45, 7) is 8.52. The molecule has 2 bridgehead atoms. The average molecular weight is 425 g/mol. The summed E-state index contributed by atoms with van der Waals surface area (Å²) in [6.07, 6.45) is 8.08. The first-order valence-electron chi connectivity index (χ1n) is 12.3. The van der Waals surface area contributed by atoms with Crippen LogP contribution < -0.4 is 0 Å². The van der Waals surface area contributed by atoms with Crippen LogP contribution in [0, 0.1) is 18.8 Å². The molecule has 2 aliphatic heterocycles. The number of unbranched alkanes of at least 4 members (excludes halogenated alkanes) is 3. The second kappa shape index (κ2) is 9.28. The van der Waals surface area contributed by atoms with Crippen LogP contribution in [0.1, 0.15) is 88.0 Å². The van der Waals surface area contributed by atoms with E-state index in [9.17, 15) is 9.59 Å². The van der Waals surface area contributed by atoms with Gasteiger partial charge in [0.25, 0.3) is 0 Å². The fraction of sp³-hybridized carbons (Fsp3) is 0.630. The molecule has 4 heteroatoms. The van der Waals surface area contributed by atoms with E-state index in [1.165, 1.54) is 16.7 Å². The van der Waals surface area contributed by atoms with Gasteiger partial charge in [-0.05, 0) is 55.7 Å². The number of benzene rings is 1. The number of carbonyl (C=O) groups excluding carboxylic acids is 2. The Morgan fingerprint density at radius 1 is 1.00 bits per heavy atom. The number of ether oxygens (including phenoxy) is 2. The quantitative estimate of drug-likeness (QED) is 0.376. The summed E-state index contributed by atoms with van der Waals surface area (Å²) in [5, 5.41) is 0. The van der Waals surface area contributed by atoms with Crippen molar-refractivity contribution in [3.05, 3.63) is 40.1 Å². The summed E-state index contributed by atoms with van der Waals surface area (Å²) in [5.41, 5.74) is 5.24. The molecule has 2 heterocycles. The van der Waals surface area contributed by atoms with Crippen LogP contribution in [0.4, 0.5) is 0 Å². The summed E-state index contributed by atoms with van der Waals surface area (Å²) in [6, 6.07) is 4.36. The van der Waals surface area contributed by atoms with E-state index >= 15 is 0 Å². The number of ketones is 1. The van der Waals surface area contributed by atoms with Crippen molar-refractivity contribution in [2.45, 2.75) is 97.7 Å². The van der Waals surface area contributed by atoms with Gasteiger partial charge in [0.05, 0.1) is 29.6 Å². The first-order chi connectivity index (χ1) is 15.0. The van der Waals surface area contributed by atoms with E-state index in [2.05, 4.69) is 39.8 Å². The Morgan fingerprint density at radius 3 is 2.26 bits per heavy atom. The van der Waals surface area contributed by atoms with Gasteiger partial charge in [0, 0.05) is 6.42 Å². The highest BCUT2D eigenvalue weighted by molar-refractivity contribution is 6.26. The zero-order valence-corrected chi connectivity index (χ0v) is 19.5. The van der Waals surface area contributed by atoms with Gasteiger partial charge in [-0.15, -0.1) is 0 Å². The molecular formula is C27H36O4. The molecule has 168 valence electrons. The number of hydrogen-bond acceptors (Lipinski definition) is 4. The van der Waals surface area contributed by atoms with Gasteiger partial charge in [-0.25, -0.2) is 0 Å². The Hall–Kier alpha value is -1.94. The van der Waals surface area contributed by atoms with Gasteiger partial charge in [0.1, 0.15) is 5.76 Å². The van der Waals surface area contributed by atoms with Crippen molar-refractivity contribution in [2.75, 3.05) is 0 Å². The molecule has 1 aromatic carbocycles. The van der Waals surface area contributed by atoms with Crippen molar-refractivity contribution in [1.82, 2.24) is 0 Å². The van der Waals surface area contributed by atoms with Gasteiger partial charge in [-0.3, -0.25) is 9.59 Å². The molecule has 2 fully saturated rings. The maximum atomic E-state index is 13.8. The van der Waals surface area contributed by atoms with Crippen molar-refractivity contribution in [2.24, 2.45) is 11.8 Å². The number of allylic oxidation sites excluding steroid dienone is 1. The normalized spacial score (nSPS) is 26.6. The molecule has 0 saturated carbocycles. The van der Waals surface area contributed by atoms with Crippen molar-refractivity contribution in [3.8, 4) is 0 Å². The van der Waals surface area contributed by atoms with E-state index < -0.39 is 0 Å². The number of aryl methyl sites for hydroxylation is 3. The standard InChI is InChI=1S/C27H36O4/c1-5-8-9-10-11-21(28)31-27-24-20-13-12-19(30-20)23(24)26(29)25(27)22-17(6-2)14-16(4)15-18(22)7-3/h14-15,19-20,23-24H,5-13H2,1-4H3/t19-,20+,23-,24+/m0/s1. The summed E-state index contributed by atoms with van der Waals surface area (Å²) >= 11 is 0. The third-order valence-electron chi connectivity index (χ3n) is 7.29. The minimum Gasteiger partial charge on any atom is -0.430 e. The minimum absolute atomic E-state index is 0.0000530. The third-order valence-corrected chi connectivity index (χ3v) is 7.29. The molecule has 31 heavy (non-hydrogen) atoms. The molecule has 0 unspecified atom stereocenters. The third kappa shape index (κ3) is 4.00. The number of esters is 1. The molecular weight excluding hydrogens is 388 g/mol. The summed E-state index contributed by atoms with van der Waals surface area (Å²) < 4.78 is 12.2. The summed E-state index contributed by atoms with van der Waals surface area (Å²) in [4.78, 5) is 26.6. The first-order valence-corrected chi connectivity index (χ1v) is 12.3. The lowest BCUT2D eigenvalue weighted by atomic mass is 9.80. The Morgan fingerprint density at radius 2 is 1.65 bits per heavy atom. The zero-order chi connectivity index (χ0) is 22.1. The number of fused-ring (bicyclic) bond motifs is 5. The maximum absolute atomic E-state index is 13.8. The van der Waals surface area contributed by atoms with E-state index in [4.69, 9.17) is 9.47 Å². The van der Waals surface area contributed by atoms with Crippen LogP contribution in [-0.4, -0.2) is 24.0 Å². The van der Waals surface area contributed by atoms with Crippen LogP contribution >= 0.6 is 0 Å². The monoisotopic (exact) mass is 424 g/mol. The van der Waals surface area contributed by atoms with Gasteiger partial charge >= 0.3 is 5.97 Å². The van der Waals surface area contributed by atoms with Crippen LogP contribution in [-0.2, 0) is 31.9 Å². The average Bonchev–Trinajstić information content (AvgIpc) is 3.44. The van der Waals surface area contributed by atoms with E-state index in [0.29, 0.717) is 17.8 Å². The molecule has 0 aromatic heterocycles. The fourth-order valence-corrected chi connectivity index (χ4v) is 5.85. The molecule has 4 atom stereocenters. The number of Topliss-reactive ketones (excluding diaryl/α,β-unsaturated/α-hetero) is 1. The van der Waals surface area contributed by atoms with Crippen LogP contribution in [0.15, 0.2) is 17.9 Å². The molecule has 3 aliphatic rings. The van der Waals surface area contributed by atoms with Gasteiger partial charge in [0.2, 0.25) is 0 Å². The fourth-order valence-electron chi connectivity index (χ4n) is 5.85. The Balaban J connectivity index is 1.75. The number of hydrogen-bond donors (Lipinski definition) is 0. The van der Waals surface area contributed by atoms with Crippen LogP contribution in [0.2, 0.25) is 0 Å². The largest absolute Gasteiger partial charge is 0.430 e. The highest BCUT2D eigenvalue weighted by Crippen LogP contribution is 2.55. The van der Waals surface area contributed by atoms with Gasteiger partial charge in [-0.1, -0.05) is 57.7 Å². The molecule has 0 spiro atoms. The molecule has 4 rings (SSSR count). The predicted molar refractivity (Wildman–Crippen MR) is 122 cm³/mol. The molecule has 0 radical (unpaired) electrons. The smallest absolute Gasteiger partial charge is 0.310 e. The second-order valence-electron chi connectivity index (χ2n) is 9.40. The molecule has 0 amide bonds. The lowest BCUT2D eigenvalue weighted by Crippen LogP contribution is -2.29. The Labute approximate surface area is 186 Å². The predicted octanol–water partition coefficient (Wildman–Crippen LogP) is 5.72. The van der Waals surface area contributed by atoms with Crippen molar-refractivity contribution < 1.29 is 19.1 Å². The van der Waals surface area contributed by atoms with Gasteiger partial charge in [0.15, 0.2) is 5.78 Å².